The Bertz CT molecular complexity index is 622. The number of benzene rings is 1. The van der Waals surface area contributed by atoms with Gasteiger partial charge in [0, 0.05) is 6.54 Å². The Balaban J connectivity index is 3.06. The third kappa shape index (κ3) is 5.39. The molecule has 1 aromatic rings. The SMILES string of the molecule is C=CCS(=O)(=O)N(CCCCC)c1ccc([C@@H](C)C(=O)O)cc1. The van der Waals surface area contributed by atoms with Crippen LogP contribution >= 0.6 is 0 Å². The summed E-state index contributed by atoms with van der Waals surface area (Å²) in [6, 6.07) is 6.68. The lowest BCUT2D eigenvalue weighted by Gasteiger charge is -2.24. The highest BCUT2D eigenvalue weighted by Gasteiger charge is 2.21. The van der Waals surface area contributed by atoms with Crippen molar-refractivity contribution in [3.63, 3.8) is 0 Å². The Morgan fingerprint density at radius 2 is 1.91 bits per heavy atom. The van der Waals surface area contributed by atoms with Gasteiger partial charge < -0.3 is 5.11 Å². The van der Waals surface area contributed by atoms with Gasteiger partial charge in [0.15, 0.2) is 0 Å². The van der Waals surface area contributed by atoms with Crippen LogP contribution in [0.5, 0.6) is 0 Å². The second-order valence-electron chi connectivity index (χ2n) is 5.50. The zero-order chi connectivity index (χ0) is 17.5. The number of carbonyl (C=O) groups is 1. The number of hydrogen-bond donors (Lipinski definition) is 1. The van der Waals surface area contributed by atoms with Crippen molar-refractivity contribution in [2.45, 2.75) is 39.0 Å². The molecule has 1 rings (SSSR count). The van der Waals surface area contributed by atoms with Crippen LogP contribution in [0, 0.1) is 0 Å². The van der Waals surface area contributed by atoms with Gasteiger partial charge in [-0.3, -0.25) is 9.10 Å². The molecule has 0 radical (unpaired) electrons. The molecule has 0 unspecified atom stereocenters. The molecule has 0 aliphatic rings. The zero-order valence-corrected chi connectivity index (χ0v) is 14.6. The lowest BCUT2D eigenvalue weighted by molar-refractivity contribution is -0.138. The molecule has 0 aromatic heterocycles. The Kier molecular flexibility index (Phi) is 7.29. The van der Waals surface area contributed by atoms with Crippen LogP contribution < -0.4 is 4.31 Å². The van der Waals surface area contributed by atoms with Gasteiger partial charge in [0.1, 0.15) is 0 Å². The van der Waals surface area contributed by atoms with E-state index in [1.54, 1.807) is 31.2 Å². The van der Waals surface area contributed by atoms with Gasteiger partial charge in [-0.25, -0.2) is 8.42 Å². The Hall–Kier alpha value is -1.82. The fourth-order valence-electron chi connectivity index (χ4n) is 2.24. The second kappa shape index (κ2) is 8.72. The number of sulfonamides is 1. The van der Waals surface area contributed by atoms with Gasteiger partial charge in [-0.2, -0.15) is 0 Å². The largest absolute Gasteiger partial charge is 0.481 e. The minimum atomic E-state index is -3.46. The Morgan fingerprint density at radius 3 is 2.39 bits per heavy atom. The first-order chi connectivity index (χ1) is 10.8. The average Bonchev–Trinajstić information content (AvgIpc) is 2.51. The molecule has 23 heavy (non-hydrogen) atoms. The van der Waals surface area contributed by atoms with Crippen molar-refractivity contribution in [2.75, 3.05) is 16.6 Å². The van der Waals surface area contributed by atoms with E-state index in [0.29, 0.717) is 17.8 Å². The van der Waals surface area contributed by atoms with E-state index in [1.807, 2.05) is 0 Å². The molecule has 0 amide bonds. The Labute approximate surface area is 138 Å². The number of carboxylic acids is 1. The fourth-order valence-corrected chi connectivity index (χ4v) is 3.57. The van der Waals surface area contributed by atoms with Crippen LogP contribution in [0.4, 0.5) is 5.69 Å². The van der Waals surface area contributed by atoms with Gasteiger partial charge in [0.25, 0.3) is 0 Å². The summed E-state index contributed by atoms with van der Waals surface area (Å²) in [4.78, 5) is 11.0. The maximum Gasteiger partial charge on any atom is 0.310 e. The van der Waals surface area contributed by atoms with Gasteiger partial charge in [0.2, 0.25) is 10.0 Å². The van der Waals surface area contributed by atoms with Crippen LogP contribution in [-0.4, -0.2) is 31.8 Å². The van der Waals surface area contributed by atoms with Crippen LogP contribution in [0.25, 0.3) is 0 Å². The summed E-state index contributed by atoms with van der Waals surface area (Å²) in [5.74, 6) is -1.65. The lowest BCUT2D eigenvalue weighted by atomic mass is 10.0. The summed E-state index contributed by atoms with van der Waals surface area (Å²) in [5, 5.41) is 9.04. The first-order valence-corrected chi connectivity index (χ1v) is 9.38. The van der Waals surface area contributed by atoms with Crippen molar-refractivity contribution in [3.8, 4) is 0 Å². The molecular formula is C17H25NO4S. The molecule has 0 heterocycles. The number of hydrogen-bond acceptors (Lipinski definition) is 3. The third-order valence-electron chi connectivity index (χ3n) is 3.68. The van der Waals surface area contributed by atoms with E-state index < -0.39 is 21.9 Å². The maximum atomic E-state index is 12.4. The quantitative estimate of drug-likeness (QED) is 0.524. The monoisotopic (exact) mass is 339 g/mol. The van der Waals surface area contributed by atoms with E-state index in [4.69, 9.17) is 5.11 Å². The van der Waals surface area contributed by atoms with Gasteiger partial charge in [-0.1, -0.05) is 38.0 Å². The molecule has 128 valence electrons. The molecular weight excluding hydrogens is 314 g/mol. The van der Waals surface area contributed by atoms with E-state index in [0.717, 1.165) is 19.3 Å². The van der Waals surface area contributed by atoms with E-state index >= 15 is 0 Å². The van der Waals surface area contributed by atoms with Crippen LogP contribution in [0.2, 0.25) is 0 Å². The molecule has 5 nitrogen and oxygen atoms in total. The predicted octanol–water partition coefficient (Wildman–Crippen LogP) is 3.39. The number of carboxylic acid groups (broad SMARTS) is 1. The molecule has 0 aliphatic heterocycles. The normalized spacial score (nSPS) is 12.6. The average molecular weight is 339 g/mol. The smallest absolute Gasteiger partial charge is 0.310 e. The topological polar surface area (TPSA) is 74.7 Å². The standard InChI is InChI=1S/C17H25NO4S/c1-4-6-7-12-18(23(21,22)13-5-2)16-10-8-15(9-11-16)14(3)17(19)20/h5,8-11,14H,2,4,6-7,12-13H2,1,3H3,(H,19,20)/t14-/m1/s1. The van der Waals surface area contributed by atoms with E-state index in [-0.39, 0.29) is 5.75 Å². The van der Waals surface area contributed by atoms with Crippen molar-refractivity contribution in [1.29, 1.82) is 0 Å². The van der Waals surface area contributed by atoms with Crippen molar-refractivity contribution < 1.29 is 18.3 Å². The minimum absolute atomic E-state index is 0.119. The molecule has 1 aromatic carbocycles. The van der Waals surface area contributed by atoms with Gasteiger partial charge in [-0.05, 0) is 31.0 Å². The number of unbranched alkanes of at least 4 members (excludes halogenated alkanes) is 2. The molecule has 0 fully saturated rings. The predicted molar refractivity (Wildman–Crippen MR) is 93.3 cm³/mol. The first-order valence-electron chi connectivity index (χ1n) is 7.77. The molecule has 1 atom stereocenters. The van der Waals surface area contributed by atoms with Crippen LogP contribution in [0.1, 0.15) is 44.6 Å². The molecule has 0 saturated heterocycles. The highest BCUT2D eigenvalue weighted by atomic mass is 32.2. The van der Waals surface area contributed by atoms with Crippen molar-refractivity contribution >= 4 is 21.7 Å². The number of anilines is 1. The number of rotatable bonds is 10. The number of aliphatic carboxylic acids is 1. The fraction of sp³-hybridized carbons (Fsp3) is 0.471. The van der Waals surface area contributed by atoms with Crippen molar-refractivity contribution in [1.82, 2.24) is 0 Å². The summed E-state index contributed by atoms with van der Waals surface area (Å²) >= 11 is 0. The zero-order valence-electron chi connectivity index (χ0n) is 13.7. The second-order valence-corrected chi connectivity index (χ2v) is 7.44. The molecule has 0 aliphatic carbocycles. The van der Waals surface area contributed by atoms with E-state index in [1.165, 1.54) is 10.4 Å². The molecule has 0 saturated carbocycles. The van der Waals surface area contributed by atoms with Crippen molar-refractivity contribution in [2.24, 2.45) is 0 Å². The highest BCUT2D eigenvalue weighted by Crippen LogP contribution is 2.23. The lowest BCUT2D eigenvalue weighted by Crippen LogP contribution is -2.33. The molecule has 0 spiro atoms. The summed E-state index contributed by atoms with van der Waals surface area (Å²) < 4.78 is 26.2. The van der Waals surface area contributed by atoms with Gasteiger partial charge in [0.05, 0.1) is 17.4 Å². The van der Waals surface area contributed by atoms with E-state index in [2.05, 4.69) is 13.5 Å². The number of nitrogens with zero attached hydrogens (tertiary/aromatic N) is 1. The van der Waals surface area contributed by atoms with Gasteiger partial charge in [-0.15, -0.1) is 6.58 Å². The summed E-state index contributed by atoms with van der Waals surface area (Å²) in [6.07, 6.45) is 4.11. The van der Waals surface area contributed by atoms with Crippen LogP contribution in [0.3, 0.4) is 0 Å². The van der Waals surface area contributed by atoms with Crippen molar-refractivity contribution in [3.05, 3.63) is 42.5 Å². The maximum absolute atomic E-state index is 12.4. The molecule has 0 bridgehead atoms. The minimum Gasteiger partial charge on any atom is -0.481 e. The Morgan fingerprint density at radius 1 is 1.30 bits per heavy atom. The third-order valence-corrected chi connectivity index (χ3v) is 5.40. The molecule has 6 heteroatoms. The molecule has 1 N–H and O–H groups in total. The van der Waals surface area contributed by atoms with Crippen LogP contribution in [-0.2, 0) is 14.8 Å². The highest BCUT2D eigenvalue weighted by molar-refractivity contribution is 7.92. The van der Waals surface area contributed by atoms with Crippen LogP contribution in [0.15, 0.2) is 36.9 Å². The summed E-state index contributed by atoms with van der Waals surface area (Å²) in [7, 11) is -3.46. The summed E-state index contributed by atoms with van der Waals surface area (Å²) in [5.41, 5.74) is 1.21. The van der Waals surface area contributed by atoms with E-state index in [9.17, 15) is 13.2 Å². The first kappa shape index (κ1) is 19.2. The van der Waals surface area contributed by atoms with Gasteiger partial charge >= 0.3 is 5.97 Å². The summed E-state index contributed by atoms with van der Waals surface area (Å²) in [6.45, 7) is 7.58.